The van der Waals surface area contributed by atoms with Crippen molar-refractivity contribution >= 4 is 11.9 Å². The highest BCUT2D eigenvalue weighted by molar-refractivity contribution is 5.92. The fourth-order valence-corrected chi connectivity index (χ4v) is 4.10. The van der Waals surface area contributed by atoms with Gasteiger partial charge in [-0.3, -0.25) is 0 Å². The third-order valence-electron chi connectivity index (χ3n) is 6.41. The molecule has 4 rings (SSSR count). The van der Waals surface area contributed by atoms with Crippen LogP contribution in [0.3, 0.4) is 0 Å². The zero-order chi connectivity index (χ0) is 27.1. The molecule has 0 heterocycles. The largest absolute Gasteiger partial charge is 0.465 e. The Kier molecular flexibility index (Phi) is 8.39. The van der Waals surface area contributed by atoms with Gasteiger partial charge in [0.05, 0.1) is 23.8 Å². The Bertz CT molecular complexity index is 1370. The Labute approximate surface area is 224 Å². The molecule has 0 N–H and O–H groups in total. The van der Waals surface area contributed by atoms with Gasteiger partial charge in [-0.15, -0.1) is 0 Å². The maximum absolute atomic E-state index is 12.7. The molecular weight excluding hydrogens is 476 g/mol. The predicted octanol–water partition coefficient (Wildman–Crippen LogP) is 7.69. The van der Waals surface area contributed by atoms with Crippen LogP contribution in [-0.2, 0) is 15.1 Å². The van der Waals surface area contributed by atoms with Gasteiger partial charge in [0.2, 0.25) is 0 Å². The van der Waals surface area contributed by atoms with Gasteiger partial charge in [-0.05, 0) is 84.5 Å². The van der Waals surface area contributed by atoms with Crippen molar-refractivity contribution in [2.24, 2.45) is 0 Å². The van der Waals surface area contributed by atoms with E-state index in [1.807, 2.05) is 36.4 Å². The molecule has 0 aliphatic carbocycles. The molecule has 4 aromatic rings. The van der Waals surface area contributed by atoms with Crippen LogP contribution in [0.25, 0.3) is 22.3 Å². The van der Waals surface area contributed by atoms with Crippen LogP contribution in [0.2, 0.25) is 0 Å². The van der Waals surface area contributed by atoms with E-state index in [0.29, 0.717) is 16.9 Å². The Morgan fingerprint density at radius 3 is 1.50 bits per heavy atom. The summed E-state index contributed by atoms with van der Waals surface area (Å²) in [5.74, 6) is -0.337. The summed E-state index contributed by atoms with van der Waals surface area (Å²) in [6.07, 6.45) is 0.982. The van der Waals surface area contributed by atoms with Crippen LogP contribution in [0.1, 0.15) is 53.5 Å². The van der Waals surface area contributed by atoms with Gasteiger partial charge in [0.15, 0.2) is 0 Å². The van der Waals surface area contributed by atoms with Gasteiger partial charge in [-0.1, -0.05) is 67.6 Å². The van der Waals surface area contributed by atoms with Crippen LogP contribution >= 0.6 is 0 Å². The Morgan fingerprint density at radius 1 is 0.632 bits per heavy atom. The molecule has 0 radical (unpaired) electrons. The van der Waals surface area contributed by atoms with E-state index in [4.69, 9.17) is 14.2 Å². The van der Waals surface area contributed by atoms with Crippen LogP contribution in [0.4, 0.5) is 0 Å². The highest BCUT2D eigenvalue weighted by atomic mass is 16.5. The van der Waals surface area contributed by atoms with Crippen LogP contribution in [0, 0.1) is 0 Å². The average molecular weight is 509 g/mol. The number of carbonyl (C=O) groups is 2. The smallest absolute Gasteiger partial charge is 0.343 e. The van der Waals surface area contributed by atoms with Gasteiger partial charge in [-0.25, -0.2) is 9.59 Å². The molecule has 5 heteroatoms. The van der Waals surface area contributed by atoms with E-state index in [9.17, 15) is 9.59 Å². The van der Waals surface area contributed by atoms with Crippen molar-refractivity contribution in [1.29, 1.82) is 0 Å². The topological polar surface area (TPSA) is 61.8 Å². The molecule has 0 saturated carbocycles. The summed E-state index contributed by atoms with van der Waals surface area (Å²) in [4.78, 5) is 24.3. The van der Waals surface area contributed by atoms with E-state index in [1.54, 1.807) is 36.4 Å². The molecule has 0 bridgehead atoms. The Balaban J connectivity index is 1.39. The second kappa shape index (κ2) is 11.9. The second-order valence-electron chi connectivity index (χ2n) is 9.50. The third-order valence-corrected chi connectivity index (χ3v) is 6.41. The molecule has 194 valence electrons. The minimum atomic E-state index is -0.420. The highest BCUT2D eigenvalue weighted by Gasteiger charge is 2.20. The lowest BCUT2D eigenvalue weighted by Crippen LogP contribution is -2.21. The minimum Gasteiger partial charge on any atom is -0.465 e. The first-order chi connectivity index (χ1) is 18.3. The van der Waals surface area contributed by atoms with Crippen molar-refractivity contribution in [3.8, 4) is 28.0 Å². The van der Waals surface area contributed by atoms with Gasteiger partial charge in [0, 0.05) is 6.61 Å². The summed E-state index contributed by atoms with van der Waals surface area (Å²) in [6.45, 7) is 6.98. The normalized spacial score (nSPS) is 11.2. The van der Waals surface area contributed by atoms with E-state index in [2.05, 4.69) is 45.0 Å². The van der Waals surface area contributed by atoms with Crippen molar-refractivity contribution in [3.05, 3.63) is 114 Å². The zero-order valence-electron chi connectivity index (χ0n) is 22.2. The number of carbonyl (C=O) groups excluding carboxylic acids is 2. The first kappa shape index (κ1) is 26.8. The number of hydrogen-bond donors (Lipinski definition) is 0. The molecule has 0 aromatic heterocycles. The lowest BCUT2D eigenvalue weighted by molar-refractivity contribution is -0.0212. The van der Waals surface area contributed by atoms with Gasteiger partial charge in [-0.2, -0.15) is 0 Å². The molecule has 0 unspecified atom stereocenters. The minimum absolute atomic E-state index is 0.338. The monoisotopic (exact) mass is 508 g/mol. The van der Waals surface area contributed by atoms with Crippen LogP contribution in [0.5, 0.6) is 5.75 Å². The fraction of sp³-hybridized carbons (Fsp3) is 0.212. The molecule has 5 nitrogen and oxygen atoms in total. The number of rotatable bonds is 9. The SMILES string of the molecule is CCCOC(C)(C)c1ccc(-c2ccc(C(=O)Oc3ccc(-c4ccc(C(=O)OC)cc4)cc3)cc2)cc1. The van der Waals surface area contributed by atoms with Gasteiger partial charge in [0.25, 0.3) is 0 Å². The Morgan fingerprint density at radius 2 is 1.05 bits per heavy atom. The van der Waals surface area contributed by atoms with E-state index in [1.165, 1.54) is 7.11 Å². The third kappa shape index (κ3) is 6.36. The Hall–Kier alpha value is -4.22. The van der Waals surface area contributed by atoms with Gasteiger partial charge in [0.1, 0.15) is 5.75 Å². The van der Waals surface area contributed by atoms with Crippen molar-refractivity contribution in [2.75, 3.05) is 13.7 Å². The molecule has 0 fully saturated rings. The van der Waals surface area contributed by atoms with E-state index >= 15 is 0 Å². The van der Waals surface area contributed by atoms with E-state index in [-0.39, 0.29) is 11.6 Å². The molecule has 4 aromatic carbocycles. The van der Waals surface area contributed by atoms with E-state index in [0.717, 1.165) is 40.8 Å². The number of ether oxygens (including phenoxy) is 3. The number of hydrogen-bond acceptors (Lipinski definition) is 5. The predicted molar refractivity (Wildman–Crippen MR) is 149 cm³/mol. The lowest BCUT2D eigenvalue weighted by Gasteiger charge is -2.26. The highest BCUT2D eigenvalue weighted by Crippen LogP contribution is 2.28. The molecule has 0 amide bonds. The van der Waals surface area contributed by atoms with Gasteiger partial charge >= 0.3 is 11.9 Å². The van der Waals surface area contributed by atoms with Crippen molar-refractivity contribution in [1.82, 2.24) is 0 Å². The van der Waals surface area contributed by atoms with Gasteiger partial charge < -0.3 is 14.2 Å². The summed E-state index contributed by atoms with van der Waals surface area (Å²) in [5, 5.41) is 0. The van der Waals surface area contributed by atoms with E-state index < -0.39 is 5.97 Å². The molecule has 0 aliphatic heterocycles. The summed E-state index contributed by atoms with van der Waals surface area (Å²) in [7, 11) is 1.36. The number of methoxy groups -OCH3 is 1. The lowest BCUT2D eigenvalue weighted by atomic mass is 9.95. The number of esters is 2. The van der Waals surface area contributed by atoms with Crippen LogP contribution in [-0.4, -0.2) is 25.7 Å². The maximum atomic E-state index is 12.7. The summed E-state index contributed by atoms with van der Waals surface area (Å²) >= 11 is 0. The molecule has 0 spiro atoms. The fourth-order valence-electron chi connectivity index (χ4n) is 4.10. The molecule has 0 saturated heterocycles. The molecule has 0 atom stereocenters. The van der Waals surface area contributed by atoms with Crippen molar-refractivity contribution < 1.29 is 23.8 Å². The first-order valence-corrected chi connectivity index (χ1v) is 12.7. The molecule has 38 heavy (non-hydrogen) atoms. The van der Waals surface area contributed by atoms with Crippen molar-refractivity contribution in [3.63, 3.8) is 0 Å². The zero-order valence-corrected chi connectivity index (χ0v) is 22.2. The summed E-state index contributed by atoms with van der Waals surface area (Å²) < 4.78 is 16.3. The summed E-state index contributed by atoms with van der Waals surface area (Å²) in [5.41, 5.74) is 5.72. The van der Waals surface area contributed by atoms with Crippen molar-refractivity contribution in [2.45, 2.75) is 32.8 Å². The molecular formula is C33H32O5. The average Bonchev–Trinajstić information content (AvgIpc) is 2.96. The summed E-state index contributed by atoms with van der Waals surface area (Å²) in [6, 6.07) is 30.1. The quantitative estimate of drug-likeness (QED) is 0.171. The molecule has 0 aliphatic rings. The maximum Gasteiger partial charge on any atom is 0.343 e. The van der Waals surface area contributed by atoms with Crippen LogP contribution < -0.4 is 4.74 Å². The standard InChI is InChI=1S/C33H32O5/c1-5-22-37-33(2,3)29-18-14-25(15-19-29)23-8-12-28(13-9-23)32(35)38-30-20-16-26(17-21-30)24-6-10-27(11-7-24)31(34)36-4/h6-21H,5,22H2,1-4H3. The first-order valence-electron chi connectivity index (χ1n) is 12.7. The number of benzene rings is 4. The second-order valence-corrected chi connectivity index (χ2v) is 9.50. The van der Waals surface area contributed by atoms with Crippen LogP contribution in [0.15, 0.2) is 97.1 Å².